The van der Waals surface area contributed by atoms with Gasteiger partial charge < -0.3 is 25.7 Å². The molecule has 4 N–H and O–H groups in total. The lowest BCUT2D eigenvalue weighted by atomic mass is 9.85. The standard InChI is InChI=1S/C22H37N5O3.HI/c1-5-23-22(25-12-7-11-24-21(29)19-16(4)10-13-30-19)27-18-9-6-8-17(14-18)20(28)26-15(2)3;/h10,13,15,17-18H,5-9,11-12,14H2,1-4H3,(H,24,29)(H,26,28)(H2,23,25,27);1H. The normalized spacial score (nSPS) is 18.8. The second-order valence-electron chi connectivity index (χ2n) is 8.17. The van der Waals surface area contributed by atoms with Crippen LogP contribution in [0.5, 0.6) is 0 Å². The van der Waals surface area contributed by atoms with Crippen LogP contribution in [0.4, 0.5) is 0 Å². The van der Waals surface area contributed by atoms with Gasteiger partial charge in [0.1, 0.15) is 0 Å². The molecule has 0 saturated heterocycles. The van der Waals surface area contributed by atoms with Crippen LogP contribution in [0.25, 0.3) is 0 Å². The highest BCUT2D eigenvalue weighted by Gasteiger charge is 2.28. The molecule has 0 bridgehead atoms. The van der Waals surface area contributed by atoms with Crippen LogP contribution in [0.15, 0.2) is 21.7 Å². The molecule has 0 radical (unpaired) electrons. The fraction of sp³-hybridized carbons (Fsp3) is 0.682. The zero-order valence-electron chi connectivity index (χ0n) is 19.1. The molecule has 1 aromatic rings. The van der Waals surface area contributed by atoms with E-state index in [2.05, 4.69) is 26.3 Å². The number of nitrogens with one attached hydrogen (secondary N) is 4. The lowest BCUT2D eigenvalue weighted by Gasteiger charge is -2.30. The first kappa shape index (κ1) is 27.3. The zero-order valence-corrected chi connectivity index (χ0v) is 21.5. The van der Waals surface area contributed by atoms with Gasteiger partial charge >= 0.3 is 0 Å². The third-order valence-corrected chi connectivity index (χ3v) is 5.12. The lowest BCUT2D eigenvalue weighted by molar-refractivity contribution is -0.126. The van der Waals surface area contributed by atoms with Gasteiger partial charge in [0.05, 0.1) is 6.26 Å². The third-order valence-electron chi connectivity index (χ3n) is 5.12. The van der Waals surface area contributed by atoms with Crippen molar-refractivity contribution in [2.75, 3.05) is 19.6 Å². The summed E-state index contributed by atoms with van der Waals surface area (Å²) in [6, 6.07) is 2.18. The molecule has 1 aromatic heterocycles. The van der Waals surface area contributed by atoms with E-state index >= 15 is 0 Å². The number of guanidine groups is 1. The number of hydrogen-bond acceptors (Lipinski definition) is 4. The molecule has 0 aromatic carbocycles. The molecule has 1 heterocycles. The van der Waals surface area contributed by atoms with E-state index in [1.165, 1.54) is 6.26 Å². The maximum atomic E-state index is 12.3. The van der Waals surface area contributed by atoms with Crippen molar-refractivity contribution in [1.29, 1.82) is 0 Å². The van der Waals surface area contributed by atoms with E-state index in [0.29, 0.717) is 18.8 Å². The fourth-order valence-electron chi connectivity index (χ4n) is 3.63. The molecule has 2 unspecified atom stereocenters. The van der Waals surface area contributed by atoms with E-state index in [0.717, 1.165) is 50.2 Å². The van der Waals surface area contributed by atoms with Gasteiger partial charge in [-0.1, -0.05) is 6.42 Å². The van der Waals surface area contributed by atoms with Gasteiger partial charge in [0, 0.05) is 43.2 Å². The molecule has 9 heteroatoms. The Hall–Kier alpha value is -1.78. The molecule has 8 nitrogen and oxygen atoms in total. The van der Waals surface area contributed by atoms with Crippen molar-refractivity contribution in [3.05, 3.63) is 23.7 Å². The minimum absolute atomic E-state index is 0. The summed E-state index contributed by atoms with van der Waals surface area (Å²) in [5, 5.41) is 12.6. The fourth-order valence-corrected chi connectivity index (χ4v) is 3.63. The van der Waals surface area contributed by atoms with Gasteiger partial charge in [0.25, 0.3) is 5.91 Å². The topological polar surface area (TPSA) is 108 Å². The smallest absolute Gasteiger partial charge is 0.287 e. The predicted octanol–water partition coefficient (Wildman–Crippen LogP) is 2.96. The molecule has 1 saturated carbocycles. The summed E-state index contributed by atoms with van der Waals surface area (Å²) in [6.45, 7) is 9.75. The minimum atomic E-state index is -0.195. The van der Waals surface area contributed by atoms with Crippen molar-refractivity contribution < 1.29 is 14.0 Å². The highest BCUT2D eigenvalue weighted by molar-refractivity contribution is 14.0. The Morgan fingerprint density at radius 3 is 2.68 bits per heavy atom. The summed E-state index contributed by atoms with van der Waals surface area (Å²) in [6.07, 6.45) is 6.08. The summed E-state index contributed by atoms with van der Waals surface area (Å²) < 4.78 is 5.20. The van der Waals surface area contributed by atoms with Crippen molar-refractivity contribution in [2.45, 2.75) is 71.9 Å². The van der Waals surface area contributed by atoms with Gasteiger partial charge in [-0.15, -0.1) is 24.0 Å². The Bertz CT molecular complexity index is 720. The van der Waals surface area contributed by atoms with Crippen LogP contribution in [0.2, 0.25) is 0 Å². The van der Waals surface area contributed by atoms with Crippen molar-refractivity contribution in [3.8, 4) is 0 Å². The maximum Gasteiger partial charge on any atom is 0.287 e. The Labute approximate surface area is 202 Å². The predicted molar refractivity (Wildman–Crippen MR) is 134 cm³/mol. The first-order valence-corrected chi connectivity index (χ1v) is 11.1. The first-order chi connectivity index (χ1) is 14.4. The zero-order chi connectivity index (χ0) is 21.9. The summed E-state index contributed by atoms with van der Waals surface area (Å²) in [7, 11) is 0. The monoisotopic (exact) mass is 547 g/mol. The Kier molecular flexibility index (Phi) is 12.6. The number of amides is 2. The number of furan rings is 1. The Morgan fingerprint density at radius 2 is 2.03 bits per heavy atom. The number of carbonyl (C=O) groups excluding carboxylic acids is 2. The van der Waals surface area contributed by atoms with Crippen LogP contribution in [0, 0.1) is 12.8 Å². The van der Waals surface area contributed by atoms with E-state index in [-0.39, 0.29) is 53.8 Å². The number of halogens is 1. The van der Waals surface area contributed by atoms with Crippen molar-refractivity contribution in [3.63, 3.8) is 0 Å². The second kappa shape index (κ2) is 14.3. The highest BCUT2D eigenvalue weighted by atomic mass is 127. The molecule has 31 heavy (non-hydrogen) atoms. The largest absolute Gasteiger partial charge is 0.459 e. The number of aliphatic imine (C=N–C) groups is 1. The molecule has 176 valence electrons. The molecular formula is C22H38IN5O3. The van der Waals surface area contributed by atoms with E-state index in [4.69, 9.17) is 4.42 Å². The maximum absolute atomic E-state index is 12.3. The summed E-state index contributed by atoms with van der Waals surface area (Å²) in [5.74, 6) is 1.14. The third kappa shape index (κ3) is 9.49. The van der Waals surface area contributed by atoms with E-state index in [1.54, 1.807) is 6.07 Å². The van der Waals surface area contributed by atoms with E-state index < -0.39 is 0 Å². The van der Waals surface area contributed by atoms with Crippen LogP contribution < -0.4 is 21.3 Å². The first-order valence-electron chi connectivity index (χ1n) is 11.1. The quantitative estimate of drug-likeness (QED) is 0.165. The van der Waals surface area contributed by atoms with E-state index in [1.807, 2.05) is 27.7 Å². The molecular weight excluding hydrogens is 509 g/mol. The molecule has 1 aliphatic rings. The SMILES string of the molecule is CCNC(=NCCCNC(=O)c1occc1C)NC1CCCC(C(=O)NC(C)C)C1.I. The Morgan fingerprint density at radius 1 is 1.26 bits per heavy atom. The summed E-state index contributed by atoms with van der Waals surface area (Å²) in [5.41, 5.74) is 0.831. The second-order valence-corrected chi connectivity index (χ2v) is 8.17. The molecule has 0 aliphatic heterocycles. The van der Waals surface area contributed by atoms with Gasteiger partial charge in [0.2, 0.25) is 5.91 Å². The van der Waals surface area contributed by atoms with Crippen molar-refractivity contribution in [1.82, 2.24) is 21.3 Å². The van der Waals surface area contributed by atoms with Gasteiger partial charge in [0.15, 0.2) is 11.7 Å². The van der Waals surface area contributed by atoms with Gasteiger partial charge in [-0.25, -0.2) is 0 Å². The molecule has 0 spiro atoms. The lowest BCUT2D eigenvalue weighted by Crippen LogP contribution is -2.47. The average molecular weight is 547 g/mol. The van der Waals surface area contributed by atoms with Crippen LogP contribution >= 0.6 is 24.0 Å². The van der Waals surface area contributed by atoms with Crippen molar-refractivity contribution >= 4 is 41.8 Å². The average Bonchev–Trinajstić information content (AvgIpc) is 3.13. The molecule has 1 aliphatic carbocycles. The summed E-state index contributed by atoms with van der Waals surface area (Å²) >= 11 is 0. The number of carbonyl (C=O) groups is 2. The number of nitrogens with zero attached hydrogens (tertiary/aromatic N) is 1. The van der Waals surface area contributed by atoms with Crippen LogP contribution in [-0.4, -0.2) is 49.5 Å². The number of hydrogen-bond donors (Lipinski definition) is 4. The van der Waals surface area contributed by atoms with Gasteiger partial charge in [-0.05, 0) is 59.4 Å². The number of aryl methyl sites for hydroxylation is 1. The van der Waals surface area contributed by atoms with E-state index in [9.17, 15) is 9.59 Å². The molecule has 2 atom stereocenters. The van der Waals surface area contributed by atoms with Crippen LogP contribution in [0.1, 0.15) is 69.0 Å². The Balaban J connectivity index is 0.00000480. The molecule has 1 fully saturated rings. The van der Waals surface area contributed by atoms with Gasteiger partial charge in [-0.3, -0.25) is 14.6 Å². The molecule has 2 amide bonds. The number of rotatable bonds is 9. The summed E-state index contributed by atoms with van der Waals surface area (Å²) in [4.78, 5) is 29.0. The highest BCUT2D eigenvalue weighted by Crippen LogP contribution is 2.24. The van der Waals surface area contributed by atoms with Crippen LogP contribution in [0.3, 0.4) is 0 Å². The van der Waals surface area contributed by atoms with Crippen molar-refractivity contribution in [2.24, 2.45) is 10.9 Å². The van der Waals surface area contributed by atoms with Crippen LogP contribution in [-0.2, 0) is 4.79 Å². The molecule has 2 rings (SSSR count). The van der Waals surface area contributed by atoms with Gasteiger partial charge in [-0.2, -0.15) is 0 Å². The minimum Gasteiger partial charge on any atom is -0.459 e.